The van der Waals surface area contributed by atoms with Gasteiger partial charge in [0, 0.05) is 0 Å². The van der Waals surface area contributed by atoms with Gasteiger partial charge in [0.05, 0.1) is 10.9 Å². The van der Waals surface area contributed by atoms with Gasteiger partial charge in [0.15, 0.2) is 20.3 Å². The zero-order valence-electron chi connectivity index (χ0n) is 14.1. The Morgan fingerprint density at radius 2 is 1.04 bits per heavy atom. The van der Waals surface area contributed by atoms with Gasteiger partial charge in [-0.1, -0.05) is 48.5 Å². The van der Waals surface area contributed by atoms with E-state index in [1.165, 1.54) is 12.1 Å². The first-order valence-corrected chi connectivity index (χ1v) is 9.27. The van der Waals surface area contributed by atoms with Gasteiger partial charge in [-0.2, -0.15) is 13.2 Å². The standard InChI is InChI=1S/C21H18F3OS/c1-20(25,21(22,23)24)16-12-14-19(15-13-16)26(17-8-4-2-5-9-17)18-10-6-3-7-11-18/h2-15,25H,1H3/q+1. The highest BCUT2D eigenvalue weighted by molar-refractivity contribution is 7.97. The summed E-state index contributed by atoms with van der Waals surface area (Å²) in [5.74, 6) is 0. The fraction of sp³-hybridized carbons (Fsp3) is 0.143. The molecule has 0 aliphatic heterocycles. The van der Waals surface area contributed by atoms with Gasteiger partial charge in [0.1, 0.15) is 0 Å². The molecule has 3 aromatic carbocycles. The topological polar surface area (TPSA) is 20.2 Å². The molecule has 0 aromatic heterocycles. The molecule has 0 saturated carbocycles. The van der Waals surface area contributed by atoms with Crippen LogP contribution in [-0.2, 0) is 16.5 Å². The molecule has 0 radical (unpaired) electrons. The summed E-state index contributed by atoms with van der Waals surface area (Å²) < 4.78 is 39.2. The molecule has 3 rings (SSSR count). The van der Waals surface area contributed by atoms with E-state index in [2.05, 4.69) is 0 Å². The number of rotatable bonds is 4. The summed E-state index contributed by atoms with van der Waals surface area (Å²) in [6, 6.07) is 25.7. The Balaban J connectivity index is 2.04. The highest BCUT2D eigenvalue weighted by atomic mass is 32.2. The monoisotopic (exact) mass is 375 g/mol. The lowest BCUT2D eigenvalue weighted by Crippen LogP contribution is -2.39. The second kappa shape index (κ2) is 7.17. The maximum absolute atomic E-state index is 13.1. The van der Waals surface area contributed by atoms with E-state index in [1.54, 1.807) is 12.1 Å². The first-order valence-electron chi connectivity index (χ1n) is 8.05. The molecular weight excluding hydrogens is 357 g/mol. The number of hydrogen-bond acceptors (Lipinski definition) is 1. The third-order valence-electron chi connectivity index (χ3n) is 4.16. The zero-order chi connectivity index (χ0) is 18.8. The molecule has 0 bridgehead atoms. The minimum absolute atomic E-state index is 0.168. The molecule has 1 atom stereocenters. The van der Waals surface area contributed by atoms with Crippen LogP contribution in [0, 0.1) is 0 Å². The Morgan fingerprint density at radius 3 is 1.42 bits per heavy atom. The minimum Gasteiger partial charge on any atom is -0.376 e. The number of alkyl halides is 3. The first kappa shape index (κ1) is 18.5. The van der Waals surface area contributed by atoms with Crippen LogP contribution < -0.4 is 0 Å². The molecule has 0 aliphatic rings. The Bertz CT molecular complexity index is 804. The lowest BCUT2D eigenvalue weighted by Gasteiger charge is -2.26. The fourth-order valence-electron chi connectivity index (χ4n) is 2.60. The summed E-state index contributed by atoms with van der Waals surface area (Å²) in [4.78, 5) is 3.05. The van der Waals surface area contributed by atoms with E-state index >= 15 is 0 Å². The van der Waals surface area contributed by atoms with Crippen molar-refractivity contribution >= 4 is 10.9 Å². The van der Waals surface area contributed by atoms with E-state index in [9.17, 15) is 18.3 Å². The molecule has 1 nitrogen and oxygen atoms in total. The Kier molecular flexibility index (Phi) is 5.12. The maximum atomic E-state index is 13.1. The average molecular weight is 375 g/mol. The summed E-state index contributed by atoms with van der Waals surface area (Å²) in [5.41, 5.74) is -3.04. The van der Waals surface area contributed by atoms with Crippen LogP contribution in [0.25, 0.3) is 0 Å². The molecule has 0 spiro atoms. The zero-order valence-corrected chi connectivity index (χ0v) is 14.9. The van der Waals surface area contributed by atoms with Gasteiger partial charge in [-0.25, -0.2) is 0 Å². The highest BCUT2D eigenvalue weighted by Gasteiger charge is 2.51. The molecule has 134 valence electrons. The van der Waals surface area contributed by atoms with Crippen LogP contribution in [0.2, 0.25) is 0 Å². The van der Waals surface area contributed by atoms with E-state index in [-0.39, 0.29) is 5.56 Å². The molecule has 0 heterocycles. The molecule has 1 N–H and O–H groups in total. The number of halogens is 3. The highest BCUT2D eigenvalue weighted by Crippen LogP contribution is 2.39. The smallest absolute Gasteiger partial charge is 0.376 e. The molecule has 1 unspecified atom stereocenters. The van der Waals surface area contributed by atoms with E-state index in [0.29, 0.717) is 0 Å². The maximum Gasteiger partial charge on any atom is 0.421 e. The quantitative estimate of drug-likeness (QED) is 0.593. The summed E-state index contributed by atoms with van der Waals surface area (Å²) >= 11 is 0. The van der Waals surface area contributed by atoms with Crippen molar-refractivity contribution in [2.24, 2.45) is 0 Å². The normalized spacial score (nSPS) is 14.2. The number of benzene rings is 3. The van der Waals surface area contributed by atoms with Gasteiger partial charge in [-0.3, -0.25) is 0 Å². The average Bonchev–Trinajstić information content (AvgIpc) is 2.63. The largest absolute Gasteiger partial charge is 0.421 e. The van der Waals surface area contributed by atoms with Crippen molar-refractivity contribution in [3.05, 3.63) is 90.5 Å². The second-order valence-electron chi connectivity index (χ2n) is 6.03. The van der Waals surface area contributed by atoms with Crippen LogP contribution in [0.15, 0.2) is 99.6 Å². The summed E-state index contributed by atoms with van der Waals surface area (Å²) in [6.45, 7) is 0.774. The van der Waals surface area contributed by atoms with Crippen molar-refractivity contribution in [3.8, 4) is 0 Å². The van der Waals surface area contributed by atoms with E-state index in [4.69, 9.17) is 0 Å². The van der Waals surface area contributed by atoms with Crippen molar-refractivity contribution < 1.29 is 18.3 Å². The fourth-order valence-corrected chi connectivity index (χ4v) is 4.68. The second-order valence-corrected chi connectivity index (χ2v) is 8.05. The predicted molar refractivity (Wildman–Crippen MR) is 97.1 cm³/mol. The third kappa shape index (κ3) is 3.64. The lowest BCUT2D eigenvalue weighted by molar-refractivity contribution is -0.258. The van der Waals surface area contributed by atoms with Crippen LogP contribution in [0.5, 0.6) is 0 Å². The van der Waals surface area contributed by atoms with Crippen LogP contribution >= 0.6 is 0 Å². The minimum atomic E-state index is -4.73. The van der Waals surface area contributed by atoms with Crippen LogP contribution in [0.1, 0.15) is 12.5 Å². The van der Waals surface area contributed by atoms with Gasteiger partial charge >= 0.3 is 6.18 Å². The van der Waals surface area contributed by atoms with Gasteiger partial charge in [0.2, 0.25) is 0 Å². The SMILES string of the molecule is CC(O)(c1ccc([S+](c2ccccc2)c2ccccc2)cc1)C(F)(F)F. The molecule has 0 saturated heterocycles. The van der Waals surface area contributed by atoms with Crippen molar-refractivity contribution in [2.45, 2.75) is 33.4 Å². The van der Waals surface area contributed by atoms with E-state index < -0.39 is 22.7 Å². The summed E-state index contributed by atoms with van der Waals surface area (Å²) in [7, 11) is -0.434. The van der Waals surface area contributed by atoms with E-state index in [1.807, 2.05) is 60.7 Å². The molecule has 3 aromatic rings. The Labute approximate surface area is 153 Å². The van der Waals surface area contributed by atoms with Crippen LogP contribution in [0.4, 0.5) is 13.2 Å². The molecule has 0 aliphatic carbocycles. The Morgan fingerprint density at radius 1 is 0.654 bits per heavy atom. The van der Waals surface area contributed by atoms with Crippen LogP contribution in [0.3, 0.4) is 0 Å². The van der Waals surface area contributed by atoms with E-state index in [0.717, 1.165) is 21.6 Å². The molecule has 0 fully saturated rings. The van der Waals surface area contributed by atoms with Gasteiger partial charge in [0.25, 0.3) is 0 Å². The van der Waals surface area contributed by atoms with Crippen molar-refractivity contribution in [1.29, 1.82) is 0 Å². The van der Waals surface area contributed by atoms with Gasteiger partial charge < -0.3 is 5.11 Å². The van der Waals surface area contributed by atoms with Crippen molar-refractivity contribution in [3.63, 3.8) is 0 Å². The third-order valence-corrected chi connectivity index (χ3v) is 6.39. The lowest BCUT2D eigenvalue weighted by atomic mass is 9.96. The van der Waals surface area contributed by atoms with Crippen molar-refractivity contribution in [1.82, 2.24) is 0 Å². The number of hydrogen-bond donors (Lipinski definition) is 1. The molecule has 26 heavy (non-hydrogen) atoms. The van der Waals surface area contributed by atoms with Crippen molar-refractivity contribution in [2.75, 3.05) is 0 Å². The van der Waals surface area contributed by atoms with Gasteiger partial charge in [-0.15, -0.1) is 0 Å². The molecule has 0 amide bonds. The molecular formula is C21H18F3OS+. The molecule has 5 heteroatoms. The first-order chi connectivity index (χ1) is 12.3. The number of aliphatic hydroxyl groups is 1. The Hall–Kier alpha value is -2.24. The van der Waals surface area contributed by atoms with Gasteiger partial charge in [-0.05, 0) is 48.9 Å². The van der Waals surface area contributed by atoms with Crippen LogP contribution in [-0.4, -0.2) is 11.3 Å². The predicted octanol–water partition coefficient (Wildman–Crippen LogP) is 5.55. The summed E-state index contributed by atoms with van der Waals surface area (Å²) in [6.07, 6.45) is -4.73. The summed E-state index contributed by atoms with van der Waals surface area (Å²) in [5, 5.41) is 9.86.